The quantitative estimate of drug-likeness (QED) is 0.722. The van der Waals surface area contributed by atoms with E-state index in [2.05, 4.69) is 10.4 Å². The van der Waals surface area contributed by atoms with Crippen molar-refractivity contribution in [1.82, 2.24) is 14.3 Å². The fourth-order valence-corrected chi connectivity index (χ4v) is 1.83. The summed E-state index contributed by atoms with van der Waals surface area (Å²) in [5, 5.41) is 7.01. The van der Waals surface area contributed by atoms with Gasteiger partial charge >= 0.3 is 5.69 Å². The molecule has 94 valence electrons. The van der Waals surface area contributed by atoms with Crippen molar-refractivity contribution >= 4 is 5.82 Å². The predicted molar refractivity (Wildman–Crippen MR) is 62.2 cm³/mol. The SMILES string of the molecule is Cn1nc(NC2(C)CCOC2)c(=O)n(C)c1=O. The maximum Gasteiger partial charge on any atom is 0.346 e. The van der Waals surface area contributed by atoms with Crippen LogP contribution in [-0.2, 0) is 18.8 Å². The number of hydrogen-bond donors (Lipinski definition) is 1. The fourth-order valence-electron chi connectivity index (χ4n) is 1.83. The minimum Gasteiger partial charge on any atom is -0.379 e. The highest BCUT2D eigenvalue weighted by Gasteiger charge is 2.31. The van der Waals surface area contributed by atoms with Crippen LogP contribution in [0.15, 0.2) is 9.59 Å². The number of nitrogens with one attached hydrogen (secondary N) is 1. The topological polar surface area (TPSA) is 78.2 Å². The van der Waals surface area contributed by atoms with Gasteiger partial charge in [0.15, 0.2) is 0 Å². The van der Waals surface area contributed by atoms with Gasteiger partial charge in [0.1, 0.15) is 0 Å². The number of nitrogens with zero attached hydrogens (tertiary/aromatic N) is 3. The first-order chi connectivity index (χ1) is 7.93. The van der Waals surface area contributed by atoms with E-state index in [1.54, 1.807) is 0 Å². The first kappa shape index (κ1) is 11.8. The summed E-state index contributed by atoms with van der Waals surface area (Å²) in [6.07, 6.45) is 0.806. The van der Waals surface area contributed by atoms with Crippen molar-refractivity contribution in [2.45, 2.75) is 18.9 Å². The van der Waals surface area contributed by atoms with E-state index in [0.29, 0.717) is 13.2 Å². The zero-order chi connectivity index (χ0) is 12.6. The van der Waals surface area contributed by atoms with Gasteiger partial charge in [-0.25, -0.2) is 9.48 Å². The molecule has 1 aromatic rings. The molecule has 1 aliphatic heterocycles. The summed E-state index contributed by atoms with van der Waals surface area (Å²) in [5.41, 5.74) is -1.15. The molecule has 0 amide bonds. The van der Waals surface area contributed by atoms with Crippen molar-refractivity contribution in [3.8, 4) is 0 Å². The molecule has 17 heavy (non-hydrogen) atoms. The second-order valence-corrected chi connectivity index (χ2v) is 4.61. The largest absolute Gasteiger partial charge is 0.379 e. The van der Waals surface area contributed by atoms with E-state index in [-0.39, 0.29) is 11.4 Å². The van der Waals surface area contributed by atoms with Crippen LogP contribution in [0, 0.1) is 0 Å². The van der Waals surface area contributed by atoms with E-state index in [1.807, 2.05) is 6.92 Å². The molecule has 0 saturated carbocycles. The minimum absolute atomic E-state index is 0.183. The van der Waals surface area contributed by atoms with E-state index in [0.717, 1.165) is 15.7 Å². The van der Waals surface area contributed by atoms with Crippen LogP contribution in [0.2, 0.25) is 0 Å². The summed E-state index contributed by atoms with van der Waals surface area (Å²) in [4.78, 5) is 23.3. The van der Waals surface area contributed by atoms with Crippen LogP contribution in [0.1, 0.15) is 13.3 Å². The van der Waals surface area contributed by atoms with Gasteiger partial charge < -0.3 is 10.1 Å². The lowest BCUT2D eigenvalue weighted by Gasteiger charge is -2.23. The normalized spacial score (nSPS) is 23.9. The Morgan fingerprint density at radius 1 is 1.41 bits per heavy atom. The van der Waals surface area contributed by atoms with Gasteiger partial charge in [0.05, 0.1) is 12.1 Å². The molecule has 0 spiro atoms. The van der Waals surface area contributed by atoms with Crippen molar-refractivity contribution in [3.05, 3.63) is 20.8 Å². The van der Waals surface area contributed by atoms with Crippen LogP contribution in [0.4, 0.5) is 5.82 Å². The summed E-state index contributed by atoms with van der Waals surface area (Å²) in [6.45, 7) is 3.16. The zero-order valence-corrected chi connectivity index (χ0v) is 10.2. The van der Waals surface area contributed by atoms with Crippen LogP contribution >= 0.6 is 0 Å². The van der Waals surface area contributed by atoms with Crippen molar-refractivity contribution in [2.75, 3.05) is 18.5 Å². The molecule has 1 saturated heterocycles. The summed E-state index contributed by atoms with van der Waals surface area (Å²) < 4.78 is 7.47. The van der Waals surface area contributed by atoms with Crippen molar-refractivity contribution in [3.63, 3.8) is 0 Å². The Labute approximate surface area is 98.0 Å². The van der Waals surface area contributed by atoms with Gasteiger partial charge in [-0.2, -0.15) is 0 Å². The zero-order valence-electron chi connectivity index (χ0n) is 10.2. The number of aryl methyl sites for hydroxylation is 1. The first-order valence-corrected chi connectivity index (χ1v) is 5.43. The Bertz CT molecular complexity index is 539. The molecule has 7 nitrogen and oxygen atoms in total. The maximum absolute atomic E-state index is 11.9. The van der Waals surface area contributed by atoms with Crippen molar-refractivity contribution < 1.29 is 4.74 Å². The third-order valence-electron chi connectivity index (χ3n) is 2.96. The molecular weight excluding hydrogens is 224 g/mol. The van der Waals surface area contributed by atoms with Gasteiger partial charge in [-0.15, -0.1) is 5.10 Å². The van der Waals surface area contributed by atoms with Gasteiger partial charge in [0, 0.05) is 20.7 Å². The first-order valence-electron chi connectivity index (χ1n) is 5.43. The highest BCUT2D eigenvalue weighted by Crippen LogP contribution is 2.20. The van der Waals surface area contributed by atoms with E-state index >= 15 is 0 Å². The number of ether oxygens (including phenoxy) is 1. The Hall–Kier alpha value is -1.63. The molecule has 0 aromatic carbocycles. The lowest BCUT2D eigenvalue weighted by molar-refractivity contribution is 0.185. The maximum atomic E-state index is 11.9. The lowest BCUT2D eigenvalue weighted by atomic mass is 10.0. The van der Waals surface area contributed by atoms with E-state index in [9.17, 15) is 9.59 Å². The lowest BCUT2D eigenvalue weighted by Crippen LogP contribution is -2.44. The molecule has 1 aliphatic rings. The highest BCUT2D eigenvalue weighted by atomic mass is 16.5. The van der Waals surface area contributed by atoms with E-state index in [1.165, 1.54) is 14.1 Å². The Balaban J connectivity index is 2.40. The van der Waals surface area contributed by atoms with Crippen molar-refractivity contribution in [2.24, 2.45) is 14.1 Å². The molecule has 1 atom stereocenters. The molecule has 0 bridgehead atoms. The summed E-state index contributed by atoms with van der Waals surface area (Å²) in [7, 11) is 2.95. The van der Waals surface area contributed by atoms with Gasteiger partial charge in [-0.3, -0.25) is 9.36 Å². The van der Waals surface area contributed by atoms with Crippen LogP contribution in [0.25, 0.3) is 0 Å². The summed E-state index contributed by atoms with van der Waals surface area (Å²) >= 11 is 0. The molecule has 0 radical (unpaired) electrons. The Morgan fingerprint density at radius 3 is 2.71 bits per heavy atom. The molecule has 1 N–H and O–H groups in total. The number of anilines is 1. The molecule has 1 unspecified atom stereocenters. The van der Waals surface area contributed by atoms with E-state index in [4.69, 9.17) is 4.74 Å². The third-order valence-corrected chi connectivity index (χ3v) is 2.96. The van der Waals surface area contributed by atoms with Crippen LogP contribution in [0.5, 0.6) is 0 Å². The molecule has 0 aliphatic carbocycles. The highest BCUT2D eigenvalue weighted by molar-refractivity contribution is 5.34. The number of hydrogen-bond acceptors (Lipinski definition) is 5. The number of aromatic nitrogens is 3. The summed E-state index contributed by atoms with van der Waals surface area (Å²) in [6, 6.07) is 0. The smallest absolute Gasteiger partial charge is 0.346 e. The van der Waals surface area contributed by atoms with Gasteiger partial charge in [-0.1, -0.05) is 0 Å². The molecule has 2 rings (SSSR count). The average molecular weight is 240 g/mol. The average Bonchev–Trinajstić information content (AvgIpc) is 2.70. The monoisotopic (exact) mass is 240 g/mol. The molecule has 1 aromatic heterocycles. The fraction of sp³-hybridized carbons (Fsp3) is 0.700. The predicted octanol–water partition coefficient (Wildman–Crippen LogP) is -0.930. The summed E-state index contributed by atoms with van der Waals surface area (Å²) in [5.74, 6) is 0.183. The number of rotatable bonds is 2. The van der Waals surface area contributed by atoms with Gasteiger partial charge in [-0.05, 0) is 13.3 Å². The molecule has 1 fully saturated rings. The van der Waals surface area contributed by atoms with Gasteiger partial charge in [0.2, 0.25) is 5.82 Å². The Kier molecular flexibility index (Phi) is 2.78. The van der Waals surface area contributed by atoms with Crippen LogP contribution in [-0.4, -0.2) is 33.1 Å². The standard InChI is InChI=1S/C10H16N4O3/c1-10(4-5-17-6-10)11-7-8(15)13(2)9(16)14(3)12-7/h4-6H2,1-3H3,(H,11,12). The molecular formula is C10H16N4O3. The molecule has 2 heterocycles. The second-order valence-electron chi connectivity index (χ2n) is 4.61. The van der Waals surface area contributed by atoms with Crippen LogP contribution < -0.4 is 16.6 Å². The van der Waals surface area contributed by atoms with Gasteiger partial charge in [0.25, 0.3) is 5.56 Å². The second kappa shape index (κ2) is 3.99. The van der Waals surface area contributed by atoms with Crippen LogP contribution in [0.3, 0.4) is 0 Å². The molecule has 7 heteroatoms. The third kappa shape index (κ3) is 2.10. The minimum atomic E-state index is -0.437. The van der Waals surface area contributed by atoms with E-state index < -0.39 is 11.2 Å². The van der Waals surface area contributed by atoms with Crippen molar-refractivity contribution in [1.29, 1.82) is 0 Å². The Morgan fingerprint density at radius 2 is 2.12 bits per heavy atom.